The van der Waals surface area contributed by atoms with Gasteiger partial charge in [0, 0.05) is 13.1 Å². The molecule has 8 heteroatoms. The molecule has 1 aliphatic rings. The van der Waals surface area contributed by atoms with E-state index in [0.29, 0.717) is 29.8 Å². The average molecular weight is 268 g/mol. The Balaban J connectivity index is 1.75. The molecule has 0 spiro atoms. The van der Waals surface area contributed by atoms with Crippen molar-refractivity contribution in [3.8, 4) is 0 Å². The van der Waals surface area contributed by atoms with E-state index in [4.69, 9.17) is 16.7 Å². The maximum Gasteiger partial charge on any atom is 0.405 e. The normalized spacial score (nSPS) is 15.7. The predicted molar refractivity (Wildman–Crippen MR) is 66.1 cm³/mol. The maximum atomic E-state index is 10.4. The molecule has 1 saturated heterocycles. The summed E-state index contributed by atoms with van der Waals surface area (Å²) in [5, 5.41) is 11.4. The van der Waals surface area contributed by atoms with Gasteiger partial charge in [-0.1, -0.05) is 11.6 Å². The van der Waals surface area contributed by atoms with Gasteiger partial charge in [-0.2, -0.15) is 4.98 Å². The Morgan fingerprint density at radius 1 is 1.50 bits per heavy atom. The highest BCUT2D eigenvalue weighted by atomic mass is 35.5. The molecule has 0 atom stereocenters. The Morgan fingerprint density at radius 3 is 3.00 bits per heavy atom. The molecule has 1 amide bonds. The molecule has 0 aromatic carbocycles. The summed E-state index contributed by atoms with van der Waals surface area (Å²) in [6, 6.07) is 3.46. The second-order valence-electron chi connectivity index (χ2n) is 4.12. The number of imidazole rings is 1. The number of rotatable bonds is 2. The van der Waals surface area contributed by atoms with Gasteiger partial charge in [-0.05, 0) is 12.1 Å². The van der Waals surface area contributed by atoms with Crippen LogP contribution in [-0.2, 0) is 0 Å². The number of hydrogen-bond donors (Lipinski definition) is 3. The van der Waals surface area contributed by atoms with Gasteiger partial charge in [-0.15, -0.1) is 0 Å². The Hall–Kier alpha value is -2.02. The van der Waals surface area contributed by atoms with Crippen molar-refractivity contribution >= 4 is 34.8 Å². The van der Waals surface area contributed by atoms with Gasteiger partial charge in [0.15, 0.2) is 5.65 Å². The van der Waals surface area contributed by atoms with Crippen LogP contribution in [0.4, 0.5) is 10.7 Å². The third kappa shape index (κ3) is 1.92. The third-order valence-electron chi connectivity index (χ3n) is 2.81. The van der Waals surface area contributed by atoms with Crippen molar-refractivity contribution in [1.82, 2.24) is 20.3 Å². The van der Waals surface area contributed by atoms with Crippen molar-refractivity contribution < 1.29 is 9.90 Å². The molecule has 94 valence electrons. The van der Waals surface area contributed by atoms with Crippen molar-refractivity contribution in [2.75, 3.05) is 18.0 Å². The lowest BCUT2D eigenvalue weighted by Gasteiger charge is -2.38. The van der Waals surface area contributed by atoms with E-state index in [1.165, 1.54) is 0 Å². The van der Waals surface area contributed by atoms with E-state index in [1.807, 2.05) is 11.0 Å². The summed E-state index contributed by atoms with van der Waals surface area (Å²) in [7, 11) is 0. The molecule has 7 nitrogen and oxygen atoms in total. The van der Waals surface area contributed by atoms with Crippen LogP contribution in [0.3, 0.4) is 0 Å². The summed E-state index contributed by atoms with van der Waals surface area (Å²) in [4.78, 5) is 23.9. The van der Waals surface area contributed by atoms with Gasteiger partial charge in [0.05, 0.1) is 11.6 Å². The summed E-state index contributed by atoms with van der Waals surface area (Å²) >= 11 is 5.78. The largest absolute Gasteiger partial charge is 0.465 e. The molecule has 1 fully saturated rings. The van der Waals surface area contributed by atoms with Crippen molar-refractivity contribution in [2.24, 2.45) is 0 Å². The molecule has 0 bridgehead atoms. The number of aromatic nitrogens is 3. The molecule has 0 radical (unpaired) electrons. The van der Waals surface area contributed by atoms with Gasteiger partial charge < -0.3 is 20.3 Å². The molecule has 3 heterocycles. The average Bonchev–Trinajstić information content (AvgIpc) is 2.64. The fourth-order valence-electron chi connectivity index (χ4n) is 1.92. The van der Waals surface area contributed by atoms with Gasteiger partial charge >= 0.3 is 6.09 Å². The second-order valence-corrected chi connectivity index (χ2v) is 4.50. The van der Waals surface area contributed by atoms with Gasteiger partial charge in [-0.25, -0.2) is 9.78 Å². The minimum absolute atomic E-state index is 0.0488. The van der Waals surface area contributed by atoms with Crippen LogP contribution in [0.5, 0.6) is 0 Å². The molecule has 2 aromatic rings. The fourth-order valence-corrected chi connectivity index (χ4v) is 2.07. The Bertz CT molecular complexity index is 607. The van der Waals surface area contributed by atoms with Crippen molar-refractivity contribution in [3.63, 3.8) is 0 Å². The molecule has 3 N–H and O–H groups in total. The molecule has 1 aliphatic heterocycles. The number of pyridine rings is 1. The lowest BCUT2D eigenvalue weighted by Crippen LogP contribution is -2.59. The van der Waals surface area contributed by atoms with Crippen LogP contribution in [0.2, 0.25) is 5.15 Å². The number of carbonyl (C=O) groups is 1. The number of nitrogens with one attached hydrogen (secondary N) is 2. The molecule has 0 aliphatic carbocycles. The highest BCUT2D eigenvalue weighted by Gasteiger charge is 2.30. The highest BCUT2D eigenvalue weighted by molar-refractivity contribution is 6.29. The SMILES string of the molecule is O=C(O)NC1CN(c2nc3nc(Cl)ccc3[nH]2)C1. The topological polar surface area (TPSA) is 94.1 Å². The van der Waals surface area contributed by atoms with Gasteiger partial charge in [0.2, 0.25) is 5.95 Å². The fraction of sp³-hybridized carbons (Fsp3) is 0.300. The minimum Gasteiger partial charge on any atom is -0.465 e. The van der Waals surface area contributed by atoms with Crippen LogP contribution < -0.4 is 10.2 Å². The second kappa shape index (κ2) is 4.02. The monoisotopic (exact) mass is 267 g/mol. The smallest absolute Gasteiger partial charge is 0.405 e. The summed E-state index contributed by atoms with van der Waals surface area (Å²) in [6.07, 6.45) is -1.00. The minimum atomic E-state index is -1.00. The Kier molecular flexibility index (Phi) is 2.48. The van der Waals surface area contributed by atoms with E-state index in [-0.39, 0.29) is 6.04 Å². The van der Waals surface area contributed by atoms with E-state index in [0.717, 1.165) is 5.52 Å². The number of H-pyrrole nitrogens is 1. The Morgan fingerprint density at radius 2 is 2.28 bits per heavy atom. The van der Waals surface area contributed by atoms with Crippen LogP contribution in [0.1, 0.15) is 0 Å². The van der Waals surface area contributed by atoms with Crippen LogP contribution in [0.15, 0.2) is 12.1 Å². The van der Waals surface area contributed by atoms with Crippen molar-refractivity contribution in [2.45, 2.75) is 6.04 Å². The number of amides is 1. The first-order chi connectivity index (χ1) is 8.61. The first-order valence-corrected chi connectivity index (χ1v) is 5.76. The molecular formula is C10H10ClN5O2. The van der Waals surface area contributed by atoms with E-state index in [9.17, 15) is 4.79 Å². The molecule has 0 saturated carbocycles. The first kappa shape index (κ1) is 11.1. The highest BCUT2D eigenvalue weighted by Crippen LogP contribution is 2.21. The van der Waals surface area contributed by atoms with Crippen LogP contribution in [0, 0.1) is 0 Å². The molecule has 3 rings (SSSR count). The van der Waals surface area contributed by atoms with E-state index >= 15 is 0 Å². The number of halogens is 1. The molecule has 2 aromatic heterocycles. The van der Waals surface area contributed by atoms with Crippen molar-refractivity contribution in [3.05, 3.63) is 17.3 Å². The number of fused-ring (bicyclic) bond motifs is 1. The zero-order chi connectivity index (χ0) is 12.7. The molecular weight excluding hydrogens is 258 g/mol. The number of carboxylic acid groups (broad SMARTS) is 1. The summed E-state index contributed by atoms with van der Waals surface area (Å²) in [6.45, 7) is 1.19. The zero-order valence-corrected chi connectivity index (χ0v) is 9.98. The zero-order valence-electron chi connectivity index (χ0n) is 9.22. The quantitative estimate of drug-likeness (QED) is 0.708. The lowest BCUT2D eigenvalue weighted by molar-refractivity contribution is 0.187. The van der Waals surface area contributed by atoms with Gasteiger partial charge in [0.1, 0.15) is 5.15 Å². The number of nitrogens with zero attached hydrogens (tertiary/aromatic N) is 3. The first-order valence-electron chi connectivity index (χ1n) is 5.38. The molecule has 0 unspecified atom stereocenters. The van der Waals surface area contributed by atoms with E-state index < -0.39 is 6.09 Å². The van der Waals surface area contributed by atoms with Crippen LogP contribution >= 0.6 is 11.6 Å². The van der Waals surface area contributed by atoms with Gasteiger partial charge in [0.25, 0.3) is 0 Å². The Labute approximate surface area is 107 Å². The van der Waals surface area contributed by atoms with Gasteiger partial charge in [-0.3, -0.25) is 0 Å². The number of hydrogen-bond acceptors (Lipinski definition) is 4. The van der Waals surface area contributed by atoms with E-state index in [2.05, 4.69) is 20.3 Å². The number of anilines is 1. The van der Waals surface area contributed by atoms with E-state index in [1.54, 1.807) is 6.07 Å². The predicted octanol–water partition coefficient (Wildman–Crippen LogP) is 1.07. The third-order valence-corrected chi connectivity index (χ3v) is 3.02. The molecule has 18 heavy (non-hydrogen) atoms. The lowest BCUT2D eigenvalue weighted by atomic mass is 10.1. The maximum absolute atomic E-state index is 10.4. The van der Waals surface area contributed by atoms with Crippen molar-refractivity contribution in [1.29, 1.82) is 0 Å². The number of aromatic amines is 1. The van der Waals surface area contributed by atoms with Crippen LogP contribution in [-0.4, -0.2) is 45.3 Å². The standard InChI is InChI=1S/C10H10ClN5O2/c11-7-2-1-6-8(14-7)15-9(13-6)16-3-5(4-16)12-10(17)18/h1-2,5,12H,3-4H2,(H,17,18)(H,13,14,15). The summed E-state index contributed by atoms with van der Waals surface area (Å²) in [5.74, 6) is 0.684. The summed E-state index contributed by atoms with van der Waals surface area (Å²) < 4.78 is 0. The summed E-state index contributed by atoms with van der Waals surface area (Å²) in [5.41, 5.74) is 1.37. The van der Waals surface area contributed by atoms with Crippen LogP contribution in [0.25, 0.3) is 11.2 Å².